The van der Waals surface area contributed by atoms with E-state index in [9.17, 15) is 4.79 Å². The van der Waals surface area contributed by atoms with E-state index in [2.05, 4.69) is 15.6 Å². The number of carbonyl (C=O) groups excluding carboxylic acids is 1. The number of rotatable bonds is 4. The number of amides is 1. The fraction of sp³-hybridized carbons (Fsp3) is 0.211. The predicted octanol–water partition coefficient (Wildman–Crippen LogP) is 4.12. The number of nitrogens with one attached hydrogen (secondary N) is 1. The molecule has 2 aromatic heterocycles. The molecule has 0 aliphatic carbocycles. The Balaban J connectivity index is 1.85. The molecule has 1 N–H and O–H groups in total. The minimum absolute atomic E-state index is 0.344. The van der Waals surface area contributed by atoms with Gasteiger partial charge in [0.25, 0.3) is 5.91 Å². The summed E-state index contributed by atoms with van der Waals surface area (Å²) in [6.45, 7) is 7.58. The van der Waals surface area contributed by atoms with Crippen LogP contribution in [-0.2, 0) is 0 Å². The minimum atomic E-state index is -0.344. The lowest BCUT2D eigenvalue weighted by molar-refractivity contribution is 0.0953. The number of carbonyl (C=O) groups is 1. The van der Waals surface area contributed by atoms with Crippen LogP contribution in [0, 0.1) is 27.7 Å². The second kappa shape index (κ2) is 7.17. The molecule has 2 heterocycles. The topological polar surface area (TPSA) is 72.4 Å². The maximum absolute atomic E-state index is 12.1. The summed E-state index contributed by atoms with van der Waals surface area (Å²) in [5.74, 6) is 0.192. The summed E-state index contributed by atoms with van der Waals surface area (Å²) in [6, 6.07) is 7.69. The van der Waals surface area contributed by atoms with Gasteiger partial charge in [-0.25, -0.2) is 10.1 Å². The van der Waals surface area contributed by atoms with Crippen molar-refractivity contribution >= 4 is 23.7 Å². The van der Waals surface area contributed by atoms with Crippen molar-refractivity contribution in [3.63, 3.8) is 0 Å². The Kier molecular flexibility index (Phi) is 4.95. The van der Waals surface area contributed by atoms with Crippen LogP contribution in [0.2, 0.25) is 5.15 Å². The average molecular weight is 371 g/mol. The first-order chi connectivity index (χ1) is 12.4. The van der Waals surface area contributed by atoms with Crippen molar-refractivity contribution in [2.45, 2.75) is 27.7 Å². The van der Waals surface area contributed by atoms with Gasteiger partial charge in [-0.15, -0.1) is 0 Å². The van der Waals surface area contributed by atoms with E-state index in [1.54, 1.807) is 17.7 Å². The highest BCUT2D eigenvalue weighted by Gasteiger charge is 2.15. The molecular formula is C19H19ClN4O2. The molecule has 0 atom stereocenters. The number of aryl methyl sites for hydroxylation is 4. The predicted molar refractivity (Wildman–Crippen MR) is 101 cm³/mol. The highest BCUT2D eigenvalue weighted by Crippen LogP contribution is 2.24. The molecule has 134 valence electrons. The van der Waals surface area contributed by atoms with Gasteiger partial charge >= 0.3 is 0 Å². The van der Waals surface area contributed by atoms with Crippen molar-refractivity contribution in [2.24, 2.45) is 5.10 Å². The Morgan fingerprint density at radius 2 is 2.04 bits per heavy atom. The molecule has 6 nitrogen and oxygen atoms in total. The van der Waals surface area contributed by atoms with Gasteiger partial charge in [0.05, 0.1) is 35.0 Å². The van der Waals surface area contributed by atoms with Gasteiger partial charge in [-0.1, -0.05) is 23.7 Å². The number of hydrogen-bond acceptors (Lipinski definition) is 4. The van der Waals surface area contributed by atoms with Gasteiger partial charge in [0.15, 0.2) is 0 Å². The summed E-state index contributed by atoms with van der Waals surface area (Å²) in [5, 5.41) is 8.95. The first-order valence-corrected chi connectivity index (χ1v) is 8.46. The normalized spacial score (nSPS) is 11.3. The van der Waals surface area contributed by atoms with Crippen LogP contribution < -0.4 is 5.43 Å². The minimum Gasteiger partial charge on any atom is -0.469 e. The van der Waals surface area contributed by atoms with Crippen LogP contribution in [-0.4, -0.2) is 21.9 Å². The van der Waals surface area contributed by atoms with Crippen molar-refractivity contribution in [3.8, 4) is 5.69 Å². The Morgan fingerprint density at radius 1 is 1.27 bits per heavy atom. The Labute approximate surface area is 156 Å². The Morgan fingerprint density at radius 3 is 2.73 bits per heavy atom. The van der Waals surface area contributed by atoms with Crippen LogP contribution in [0.5, 0.6) is 0 Å². The van der Waals surface area contributed by atoms with Gasteiger partial charge in [0.1, 0.15) is 10.9 Å². The van der Waals surface area contributed by atoms with Crippen molar-refractivity contribution in [3.05, 3.63) is 69.4 Å². The molecule has 1 aromatic carbocycles. The second-order valence-corrected chi connectivity index (χ2v) is 6.44. The molecule has 3 aromatic rings. The molecule has 1 amide bonds. The van der Waals surface area contributed by atoms with Crippen LogP contribution in [0.25, 0.3) is 5.69 Å². The average Bonchev–Trinajstić information content (AvgIpc) is 3.14. The summed E-state index contributed by atoms with van der Waals surface area (Å²) in [5.41, 5.74) is 7.37. The van der Waals surface area contributed by atoms with Gasteiger partial charge < -0.3 is 4.42 Å². The van der Waals surface area contributed by atoms with E-state index < -0.39 is 0 Å². The third kappa shape index (κ3) is 3.41. The zero-order valence-corrected chi connectivity index (χ0v) is 15.8. The van der Waals surface area contributed by atoms with Crippen molar-refractivity contribution in [1.82, 2.24) is 15.2 Å². The van der Waals surface area contributed by atoms with Crippen LogP contribution in [0.3, 0.4) is 0 Å². The first kappa shape index (κ1) is 17.9. The lowest BCUT2D eigenvalue weighted by Gasteiger charge is -2.08. The highest BCUT2D eigenvalue weighted by molar-refractivity contribution is 6.32. The van der Waals surface area contributed by atoms with E-state index in [4.69, 9.17) is 16.0 Å². The molecular weight excluding hydrogens is 352 g/mol. The molecule has 7 heteroatoms. The van der Waals surface area contributed by atoms with Crippen LogP contribution in [0.15, 0.2) is 40.0 Å². The maximum Gasteiger partial charge on any atom is 0.274 e. The first-order valence-electron chi connectivity index (χ1n) is 8.08. The van der Waals surface area contributed by atoms with E-state index in [1.807, 2.05) is 39.0 Å². The monoisotopic (exact) mass is 370 g/mol. The smallest absolute Gasteiger partial charge is 0.274 e. The summed E-state index contributed by atoms with van der Waals surface area (Å²) < 4.78 is 6.80. The van der Waals surface area contributed by atoms with Gasteiger partial charge in [-0.2, -0.15) is 10.2 Å². The summed E-state index contributed by atoms with van der Waals surface area (Å²) in [7, 11) is 0. The van der Waals surface area contributed by atoms with Crippen LogP contribution in [0.4, 0.5) is 0 Å². The Hall–Kier alpha value is -2.86. The van der Waals surface area contributed by atoms with E-state index in [-0.39, 0.29) is 5.91 Å². The standard InChI is InChI=1S/C19H19ClN4O2/c1-11-5-6-12(2)17(9-11)24-18(20)16(13(3)23-24)10-21-22-19(25)15-7-8-26-14(15)4/h5-10H,1-4H3,(H,22,25)/b21-10-. The lowest BCUT2D eigenvalue weighted by Crippen LogP contribution is -2.17. The van der Waals surface area contributed by atoms with Crippen molar-refractivity contribution in [2.75, 3.05) is 0 Å². The van der Waals surface area contributed by atoms with Crippen molar-refractivity contribution < 1.29 is 9.21 Å². The number of benzene rings is 1. The van der Waals surface area contributed by atoms with Crippen LogP contribution >= 0.6 is 11.6 Å². The number of hydrazone groups is 1. The molecule has 3 rings (SSSR count). The third-order valence-corrected chi connectivity index (χ3v) is 4.47. The molecule has 0 saturated carbocycles. The molecule has 0 aliphatic rings. The number of furan rings is 1. The fourth-order valence-electron chi connectivity index (χ4n) is 2.60. The third-order valence-electron chi connectivity index (χ3n) is 4.10. The number of halogens is 1. The summed E-state index contributed by atoms with van der Waals surface area (Å²) in [4.78, 5) is 12.1. The van der Waals surface area contributed by atoms with Gasteiger partial charge in [-0.3, -0.25) is 4.79 Å². The molecule has 0 radical (unpaired) electrons. The molecule has 0 unspecified atom stereocenters. The Bertz CT molecular complexity index is 1000. The SMILES string of the molecule is Cc1ccc(C)c(-n2nc(C)c(/C=N\NC(=O)c3ccoc3C)c2Cl)c1. The van der Waals surface area contributed by atoms with Crippen molar-refractivity contribution in [1.29, 1.82) is 0 Å². The summed E-state index contributed by atoms with van der Waals surface area (Å²) in [6.07, 6.45) is 2.96. The molecule has 0 aliphatic heterocycles. The maximum atomic E-state index is 12.1. The van der Waals surface area contributed by atoms with Gasteiger partial charge in [-0.05, 0) is 51.0 Å². The molecule has 0 bridgehead atoms. The molecule has 0 fully saturated rings. The van der Waals surface area contributed by atoms with E-state index in [0.717, 1.165) is 16.8 Å². The van der Waals surface area contributed by atoms with Gasteiger partial charge in [0, 0.05) is 0 Å². The van der Waals surface area contributed by atoms with Crippen LogP contribution in [0.1, 0.15) is 38.5 Å². The molecule has 26 heavy (non-hydrogen) atoms. The lowest BCUT2D eigenvalue weighted by atomic mass is 10.1. The largest absolute Gasteiger partial charge is 0.469 e. The van der Waals surface area contributed by atoms with E-state index >= 15 is 0 Å². The van der Waals surface area contributed by atoms with E-state index in [1.165, 1.54) is 12.5 Å². The van der Waals surface area contributed by atoms with Gasteiger partial charge in [0.2, 0.25) is 0 Å². The van der Waals surface area contributed by atoms with E-state index in [0.29, 0.717) is 27.7 Å². The quantitative estimate of drug-likeness (QED) is 0.554. The zero-order valence-electron chi connectivity index (χ0n) is 15.0. The second-order valence-electron chi connectivity index (χ2n) is 6.08. The summed E-state index contributed by atoms with van der Waals surface area (Å²) >= 11 is 6.51. The molecule has 0 saturated heterocycles. The molecule has 0 spiro atoms. The number of aromatic nitrogens is 2. The highest BCUT2D eigenvalue weighted by atomic mass is 35.5. The number of nitrogens with zero attached hydrogens (tertiary/aromatic N) is 3. The fourth-order valence-corrected chi connectivity index (χ4v) is 2.92. The number of hydrogen-bond donors (Lipinski definition) is 1. The zero-order chi connectivity index (χ0) is 18.8.